The summed E-state index contributed by atoms with van der Waals surface area (Å²) in [7, 11) is 0. The number of quaternary nitrogens is 1. The van der Waals surface area contributed by atoms with Crippen LogP contribution in [0, 0.1) is 17.0 Å². The molecule has 0 spiro atoms. The Kier molecular flexibility index (Phi) is 5.02. The number of hydrogen-bond acceptors (Lipinski definition) is 3. The topological polar surface area (TPSA) is 50.8 Å². The second kappa shape index (κ2) is 7.20. The smallest absolute Gasteiger partial charge is 0.288 e. The molecule has 2 aromatic carbocycles. The predicted molar refractivity (Wildman–Crippen MR) is 95.9 cm³/mol. The van der Waals surface area contributed by atoms with Crippen molar-refractivity contribution >= 4 is 23.0 Å². The van der Waals surface area contributed by atoms with Gasteiger partial charge in [-0.15, -0.1) is 0 Å². The molecule has 0 atom stereocenters. The van der Waals surface area contributed by atoms with E-state index < -0.39 is 4.92 Å². The van der Waals surface area contributed by atoms with E-state index in [4.69, 9.17) is 11.6 Å². The molecule has 1 N–H and O–H groups in total. The van der Waals surface area contributed by atoms with Crippen LogP contribution in [-0.4, -0.2) is 31.1 Å². The highest BCUT2D eigenvalue weighted by atomic mass is 35.5. The number of aryl methyl sites for hydroxylation is 1. The zero-order valence-corrected chi connectivity index (χ0v) is 14.4. The van der Waals surface area contributed by atoms with Crippen molar-refractivity contribution in [3.05, 3.63) is 68.7 Å². The molecular formula is C18H21ClN3O2+. The highest BCUT2D eigenvalue weighted by molar-refractivity contribution is 6.32. The van der Waals surface area contributed by atoms with Crippen molar-refractivity contribution in [2.75, 3.05) is 31.1 Å². The van der Waals surface area contributed by atoms with E-state index >= 15 is 0 Å². The van der Waals surface area contributed by atoms with E-state index in [1.807, 2.05) is 6.07 Å². The van der Waals surface area contributed by atoms with Gasteiger partial charge >= 0.3 is 0 Å². The number of hydrogen-bond donors (Lipinski definition) is 1. The normalized spacial score (nSPS) is 15.5. The van der Waals surface area contributed by atoms with Crippen LogP contribution in [0.2, 0.25) is 5.02 Å². The molecule has 0 amide bonds. The van der Waals surface area contributed by atoms with Crippen LogP contribution in [0.3, 0.4) is 0 Å². The number of nitro groups is 1. The van der Waals surface area contributed by atoms with Gasteiger partial charge in [-0.25, -0.2) is 0 Å². The number of nitrogens with one attached hydrogen (secondary N) is 1. The van der Waals surface area contributed by atoms with Crippen molar-refractivity contribution in [3.8, 4) is 0 Å². The summed E-state index contributed by atoms with van der Waals surface area (Å²) in [4.78, 5) is 14.4. The van der Waals surface area contributed by atoms with Crippen LogP contribution in [0.4, 0.5) is 11.4 Å². The lowest BCUT2D eigenvalue weighted by Crippen LogP contribution is -3.13. The van der Waals surface area contributed by atoms with Crippen LogP contribution in [0.1, 0.15) is 11.1 Å². The third kappa shape index (κ3) is 3.68. The zero-order chi connectivity index (χ0) is 17.1. The van der Waals surface area contributed by atoms with Gasteiger partial charge in [-0.05, 0) is 24.6 Å². The van der Waals surface area contributed by atoms with E-state index in [1.54, 1.807) is 12.1 Å². The van der Waals surface area contributed by atoms with Crippen molar-refractivity contribution in [3.63, 3.8) is 0 Å². The number of halogens is 1. The van der Waals surface area contributed by atoms with Gasteiger partial charge in [0.1, 0.15) is 11.6 Å². The first-order chi connectivity index (χ1) is 11.5. The van der Waals surface area contributed by atoms with Gasteiger partial charge in [-0.3, -0.25) is 10.1 Å². The highest BCUT2D eigenvalue weighted by Gasteiger charge is 2.22. The van der Waals surface area contributed by atoms with Gasteiger partial charge in [0.2, 0.25) is 0 Å². The van der Waals surface area contributed by atoms with E-state index in [2.05, 4.69) is 36.1 Å². The number of nitrogens with zero attached hydrogens (tertiary/aromatic N) is 2. The maximum absolute atomic E-state index is 11.0. The molecule has 0 radical (unpaired) electrons. The van der Waals surface area contributed by atoms with Crippen molar-refractivity contribution in [2.24, 2.45) is 0 Å². The van der Waals surface area contributed by atoms with Crippen LogP contribution in [0.15, 0.2) is 42.5 Å². The molecule has 2 aromatic rings. The van der Waals surface area contributed by atoms with Crippen LogP contribution in [0.25, 0.3) is 0 Å². The molecule has 3 rings (SSSR count). The summed E-state index contributed by atoms with van der Waals surface area (Å²) >= 11 is 5.88. The molecule has 5 nitrogen and oxygen atoms in total. The summed E-state index contributed by atoms with van der Waals surface area (Å²) in [5.74, 6) is 0. The maximum atomic E-state index is 11.0. The zero-order valence-electron chi connectivity index (χ0n) is 13.7. The molecule has 0 saturated carbocycles. The fourth-order valence-corrected chi connectivity index (χ4v) is 3.44. The molecule has 1 aliphatic rings. The number of anilines is 1. The van der Waals surface area contributed by atoms with Gasteiger partial charge in [0.25, 0.3) is 5.69 Å². The Bertz CT molecular complexity index is 743. The Labute approximate surface area is 146 Å². The minimum Gasteiger partial charge on any atom is -0.360 e. The first-order valence-corrected chi connectivity index (χ1v) is 8.49. The molecule has 0 aromatic heterocycles. The fourth-order valence-electron chi connectivity index (χ4n) is 3.26. The van der Waals surface area contributed by atoms with Crippen molar-refractivity contribution in [1.82, 2.24) is 0 Å². The van der Waals surface area contributed by atoms with E-state index in [0.717, 1.165) is 38.3 Å². The molecule has 0 aliphatic carbocycles. The van der Waals surface area contributed by atoms with Crippen LogP contribution >= 0.6 is 11.6 Å². The Hall–Kier alpha value is -2.11. The largest absolute Gasteiger partial charge is 0.360 e. The molecule has 0 unspecified atom stereocenters. The number of benzene rings is 2. The molecule has 1 fully saturated rings. The van der Waals surface area contributed by atoms with Gasteiger partial charge in [0.05, 0.1) is 31.1 Å². The number of piperazine rings is 1. The molecular weight excluding hydrogens is 326 g/mol. The van der Waals surface area contributed by atoms with Gasteiger partial charge in [0.15, 0.2) is 0 Å². The average Bonchev–Trinajstić information content (AvgIpc) is 2.58. The second-order valence-electron chi connectivity index (χ2n) is 6.24. The quantitative estimate of drug-likeness (QED) is 0.683. The lowest BCUT2D eigenvalue weighted by molar-refractivity contribution is -0.914. The summed E-state index contributed by atoms with van der Waals surface area (Å²) in [6.07, 6.45) is 0. The minimum absolute atomic E-state index is 0.00730. The standard InChI is InChI=1S/C18H20ClN3O2/c1-14-4-2-3-5-17(14)21-10-8-20(9-11-21)13-15-6-7-16(19)18(12-15)22(23)24/h2-7,12H,8-11,13H2,1H3/p+1. The van der Waals surface area contributed by atoms with Crippen molar-refractivity contribution < 1.29 is 9.82 Å². The maximum Gasteiger partial charge on any atom is 0.288 e. The third-order valence-electron chi connectivity index (χ3n) is 4.59. The van der Waals surface area contributed by atoms with Gasteiger partial charge in [0, 0.05) is 17.3 Å². The van der Waals surface area contributed by atoms with Gasteiger partial charge in [-0.2, -0.15) is 0 Å². The van der Waals surface area contributed by atoms with Crippen LogP contribution in [-0.2, 0) is 6.54 Å². The monoisotopic (exact) mass is 346 g/mol. The Morgan fingerprint density at radius 2 is 1.92 bits per heavy atom. The SMILES string of the molecule is Cc1ccccc1N1CC[NH+](Cc2ccc(Cl)c([N+](=O)[O-])c2)CC1. The summed E-state index contributed by atoms with van der Waals surface area (Å²) < 4.78 is 0. The van der Waals surface area contributed by atoms with Gasteiger partial charge < -0.3 is 9.80 Å². The van der Waals surface area contributed by atoms with E-state index in [-0.39, 0.29) is 10.7 Å². The summed E-state index contributed by atoms with van der Waals surface area (Å²) in [5, 5.41) is 11.2. The molecule has 1 heterocycles. The van der Waals surface area contributed by atoms with E-state index in [1.165, 1.54) is 16.2 Å². The predicted octanol–water partition coefficient (Wildman–Crippen LogP) is 2.46. The third-order valence-corrected chi connectivity index (χ3v) is 4.91. The molecule has 1 aliphatic heterocycles. The van der Waals surface area contributed by atoms with Crippen LogP contribution < -0.4 is 9.80 Å². The lowest BCUT2D eigenvalue weighted by atomic mass is 10.1. The summed E-state index contributed by atoms with van der Waals surface area (Å²) in [6, 6.07) is 13.6. The highest BCUT2D eigenvalue weighted by Crippen LogP contribution is 2.25. The summed E-state index contributed by atoms with van der Waals surface area (Å²) in [6.45, 7) is 6.96. The average molecular weight is 347 g/mol. The molecule has 6 heteroatoms. The first kappa shape index (κ1) is 16.7. The Balaban J connectivity index is 1.63. The molecule has 24 heavy (non-hydrogen) atoms. The van der Waals surface area contributed by atoms with E-state index in [9.17, 15) is 10.1 Å². The number of nitro benzene ring substituents is 1. The number of para-hydroxylation sites is 1. The molecule has 126 valence electrons. The van der Waals surface area contributed by atoms with Crippen molar-refractivity contribution in [1.29, 1.82) is 0 Å². The van der Waals surface area contributed by atoms with Gasteiger partial charge in [-0.1, -0.05) is 35.9 Å². The Morgan fingerprint density at radius 3 is 2.58 bits per heavy atom. The van der Waals surface area contributed by atoms with E-state index in [0.29, 0.717) is 0 Å². The first-order valence-electron chi connectivity index (χ1n) is 8.11. The molecule has 1 saturated heterocycles. The van der Waals surface area contributed by atoms with Crippen LogP contribution in [0.5, 0.6) is 0 Å². The number of rotatable bonds is 4. The minimum atomic E-state index is -0.419. The Morgan fingerprint density at radius 1 is 1.21 bits per heavy atom. The molecule has 0 bridgehead atoms. The second-order valence-corrected chi connectivity index (χ2v) is 6.65. The summed E-state index contributed by atoms with van der Waals surface area (Å²) in [5.41, 5.74) is 3.56. The van der Waals surface area contributed by atoms with Crippen molar-refractivity contribution in [2.45, 2.75) is 13.5 Å². The lowest BCUT2D eigenvalue weighted by Gasteiger charge is -2.34. The fraction of sp³-hybridized carbons (Fsp3) is 0.333.